The molecule has 0 heterocycles. The first-order valence-corrected chi connectivity index (χ1v) is 6.85. The van der Waals surface area contributed by atoms with Crippen LogP contribution in [0.25, 0.3) is 6.08 Å². The van der Waals surface area contributed by atoms with Gasteiger partial charge < -0.3 is 4.18 Å². The van der Waals surface area contributed by atoms with Gasteiger partial charge in [-0.2, -0.15) is 8.42 Å². The van der Waals surface area contributed by atoms with Gasteiger partial charge in [0, 0.05) is 6.07 Å². The van der Waals surface area contributed by atoms with Crippen LogP contribution in [0.3, 0.4) is 0 Å². The van der Waals surface area contributed by atoms with Gasteiger partial charge in [-0.25, -0.2) is 4.39 Å². The number of rotatable bonds is 4. The third kappa shape index (κ3) is 3.20. The molecule has 98 valence electrons. The van der Waals surface area contributed by atoms with Crippen LogP contribution in [0.2, 0.25) is 0 Å². The Kier molecular flexibility index (Phi) is 3.66. The lowest BCUT2D eigenvalue weighted by molar-refractivity contribution is 0.483. The van der Waals surface area contributed by atoms with Crippen molar-refractivity contribution in [3.05, 3.63) is 66.5 Å². The topological polar surface area (TPSA) is 43.4 Å². The highest BCUT2D eigenvalue weighted by Gasteiger charge is 2.16. The normalized spacial score (nSPS) is 11.0. The zero-order valence-corrected chi connectivity index (χ0v) is 10.7. The quantitative estimate of drug-likeness (QED) is 0.806. The van der Waals surface area contributed by atoms with Crippen LogP contribution in [0.15, 0.2) is 60.0 Å². The monoisotopic (exact) mass is 278 g/mol. The second-order valence-electron chi connectivity index (χ2n) is 3.77. The van der Waals surface area contributed by atoms with E-state index in [0.717, 1.165) is 11.6 Å². The van der Waals surface area contributed by atoms with Crippen molar-refractivity contribution in [3.63, 3.8) is 0 Å². The molecule has 0 atom stereocenters. The number of halogens is 1. The molecule has 0 unspecified atom stereocenters. The van der Waals surface area contributed by atoms with Crippen LogP contribution in [-0.4, -0.2) is 8.42 Å². The van der Waals surface area contributed by atoms with Crippen LogP contribution >= 0.6 is 0 Å². The maximum atomic E-state index is 13.0. The molecule has 0 aromatic heterocycles. The highest BCUT2D eigenvalue weighted by atomic mass is 32.2. The maximum Gasteiger partial charge on any atom is 0.339 e. The third-order valence-corrected chi connectivity index (χ3v) is 3.67. The Bertz CT molecular complexity index is 691. The van der Waals surface area contributed by atoms with Crippen molar-refractivity contribution in [3.8, 4) is 5.75 Å². The minimum atomic E-state index is -3.96. The van der Waals surface area contributed by atoms with Crippen molar-refractivity contribution < 1.29 is 17.0 Å². The molecule has 0 fully saturated rings. The number of hydrogen-bond donors (Lipinski definition) is 0. The summed E-state index contributed by atoms with van der Waals surface area (Å²) < 4.78 is 41.7. The van der Waals surface area contributed by atoms with Gasteiger partial charge in [-0.05, 0) is 29.8 Å². The second-order valence-corrected chi connectivity index (χ2v) is 5.31. The first-order chi connectivity index (χ1) is 9.01. The summed E-state index contributed by atoms with van der Waals surface area (Å²) in [7, 11) is -3.96. The van der Waals surface area contributed by atoms with Gasteiger partial charge in [0.25, 0.3) is 0 Å². The van der Waals surface area contributed by atoms with Crippen molar-refractivity contribution in [1.29, 1.82) is 0 Å². The number of hydrogen-bond acceptors (Lipinski definition) is 3. The molecule has 5 heteroatoms. The lowest BCUT2D eigenvalue weighted by Crippen LogP contribution is -2.09. The number of benzene rings is 2. The molecule has 0 aliphatic rings. The van der Waals surface area contributed by atoms with Crippen LogP contribution in [0, 0.1) is 5.82 Å². The minimum absolute atomic E-state index is 0.00219. The molecule has 0 radical (unpaired) electrons. The Hall–Kier alpha value is -2.14. The fourth-order valence-corrected chi connectivity index (χ4v) is 2.39. The molecule has 0 aliphatic heterocycles. The van der Waals surface area contributed by atoms with E-state index in [9.17, 15) is 12.8 Å². The molecular formula is C14H11FO3S. The van der Waals surface area contributed by atoms with E-state index in [1.807, 2.05) is 0 Å². The fraction of sp³-hybridized carbons (Fsp3) is 0. The van der Waals surface area contributed by atoms with Gasteiger partial charge in [0.2, 0.25) is 0 Å². The van der Waals surface area contributed by atoms with Gasteiger partial charge in [0.1, 0.15) is 16.5 Å². The molecular weight excluding hydrogens is 267 g/mol. The van der Waals surface area contributed by atoms with Gasteiger partial charge in [0.15, 0.2) is 0 Å². The van der Waals surface area contributed by atoms with Crippen LogP contribution in [0.1, 0.15) is 5.56 Å². The van der Waals surface area contributed by atoms with Crippen LogP contribution in [0.5, 0.6) is 5.75 Å². The van der Waals surface area contributed by atoms with Crippen LogP contribution in [-0.2, 0) is 10.1 Å². The first kappa shape index (κ1) is 13.3. The SMILES string of the molecule is C=Cc1ccc(S(=O)(=O)Oc2cccc(F)c2)cc1. The zero-order chi connectivity index (χ0) is 13.9. The maximum absolute atomic E-state index is 13.0. The minimum Gasteiger partial charge on any atom is -0.379 e. The first-order valence-electron chi connectivity index (χ1n) is 5.44. The smallest absolute Gasteiger partial charge is 0.339 e. The third-order valence-electron chi connectivity index (χ3n) is 2.41. The summed E-state index contributed by atoms with van der Waals surface area (Å²) in [5.41, 5.74) is 0.796. The van der Waals surface area contributed by atoms with E-state index in [1.165, 1.54) is 30.3 Å². The molecule has 0 aliphatic carbocycles. The Morgan fingerprint density at radius 2 is 1.79 bits per heavy atom. The van der Waals surface area contributed by atoms with E-state index in [-0.39, 0.29) is 10.6 Å². The summed E-state index contributed by atoms with van der Waals surface area (Å²) >= 11 is 0. The molecule has 0 saturated carbocycles. The summed E-state index contributed by atoms with van der Waals surface area (Å²) in [5, 5.41) is 0. The Morgan fingerprint density at radius 3 is 2.37 bits per heavy atom. The van der Waals surface area contributed by atoms with Crippen molar-refractivity contribution >= 4 is 16.2 Å². The summed E-state index contributed by atoms with van der Waals surface area (Å²) in [4.78, 5) is 0.00219. The van der Waals surface area contributed by atoms with E-state index in [2.05, 4.69) is 6.58 Å². The summed E-state index contributed by atoms with van der Waals surface area (Å²) in [6.07, 6.45) is 1.60. The highest BCUT2D eigenvalue weighted by Crippen LogP contribution is 2.19. The molecule has 2 rings (SSSR count). The van der Waals surface area contributed by atoms with Crippen molar-refractivity contribution in [2.45, 2.75) is 4.90 Å². The Morgan fingerprint density at radius 1 is 1.11 bits per heavy atom. The molecule has 0 spiro atoms. The van der Waals surface area contributed by atoms with Crippen molar-refractivity contribution in [2.24, 2.45) is 0 Å². The molecule has 0 N–H and O–H groups in total. The molecule has 2 aromatic rings. The van der Waals surface area contributed by atoms with E-state index in [0.29, 0.717) is 0 Å². The van der Waals surface area contributed by atoms with E-state index in [4.69, 9.17) is 4.18 Å². The molecule has 0 amide bonds. The molecule has 2 aromatic carbocycles. The van der Waals surface area contributed by atoms with Crippen LogP contribution in [0.4, 0.5) is 4.39 Å². The van der Waals surface area contributed by atoms with E-state index in [1.54, 1.807) is 18.2 Å². The predicted molar refractivity (Wildman–Crippen MR) is 70.7 cm³/mol. The van der Waals surface area contributed by atoms with E-state index < -0.39 is 15.9 Å². The van der Waals surface area contributed by atoms with Gasteiger partial charge in [0.05, 0.1) is 0 Å². The van der Waals surface area contributed by atoms with E-state index >= 15 is 0 Å². The summed E-state index contributed by atoms with van der Waals surface area (Å²) in [5.74, 6) is -0.623. The van der Waals surface area contributed by atoms with Gasteiger partial charge in [-0.3, -0.25) is 0 Å². The molecule has 19 heavy (non-hydrogen) atoms. The largest absolute Gasteiger partial charge is 0.379 e. The van der Waals surface area contributed by atoms with Crippen LogP contribution < -0.4 is 4.18 Å². The van der Waals surface area contributed by atoms with Crippen molar-refractivity contribution in [2.75, 3.05) is 0 Å². The van der Waals surface area contributed by atoms with Gasteiger partial charge >= 0.3 is 10.1 Å². The predicted octanol–water partition coefficient (Wildman–Crippen LogP) is 3.24. The summed E-state index contributed by atoms with van der Waals surface area (Å²) in [6, 6.07) is 11.0. The average Bonchev–Trinajstić information content (AvgIpc) is 2.38. The molecule has 3 nitrogen and oxygen atoms in total. The van der Waals surface area contributed by atoms with Crippen molar-refractivity contribution in [1.82, 2.24) is 0 Å². The highest BCUT2D eigenvalue weighted by molar-refractivity contribution is 7.87. The summed E-state index contributed by atoms with van der Waals surface area (Å²) in [6.45, 7) is 3.58. The Balaban J connectivity index is 2.29. The lowest BCUT2D eigenvalue weighted by Gasteiger charge is -2.07. The molecule has 0 bridgehead atoms. The standard InChI is InChI=1S/C14H11FO3S/c1-2-11-6-8-14(9-7-11)19(16,17)18-13-5-3-4-12(15)10-13/h2-10H,1H2. The fourth-order valence-electron chi connectivity index (χ4n) is 1.46. The van der Waals surface area contributed by atoms with Gasteiger partial charge in [-0.15, -0.1) is 0 Å². The van der Waals surface area contributed by atoms with Gasteiger partial charge in [-0.1, -0.05) is 30.9 Å². The average molecular weight is 278 g/mol. The zero-order valence-electron chi connectivity index (χ0n) is 9.91. The second kappa shape index (κ2) is 5.24. The Labute approximate surface area is 111 Å². The molecule has 0 saturated heterocycles. The lowest BCUT2D eigenvalue weighted by atomic mass is 10.2.